The molecule has 0 fully saturated rings. The molecule has 7 nitrogen and oxygen atoms in total. The molecule has 0 bridgehead atoms. The average molecular weight is 477 g/mol. The van der Waals surface area contributed by atoms with E-state index >= 15 is 0 Å². The highest BCUT2D eigenvalue weighted by Gasteiger charge is 2.23. The molecule has 1 atom stereocenters. The number of hydrogen-bond acceptors (Lipinski definition) is 4. The molecule has 4 rings (SSSR count). The minimum absolute atomic E-state index is 0.0744. The van der Waals surface area contributed by atoms with E-state index in [1.54, 1.807) is 36.4 Å². The highest BCUT2D eigenvalue weighted by atomic mass is 19.2. The van der Waals surface area contributed by atoms with Crippen LogP contribution in [0.4, 0.5) is 14.5 Å². The summed E-state index contributed by atoms with van der Waals surface area (Å²) in [6.45, 7) is 0. The maximum atomic E-state index is 13.6. The maximum absolute atomic E-state index is 13.6. The predicted molar refractivity (Wildman–Crippen MR) is 126 cm³/mol. The van der Waals surface area contributed by atoms with Crippen molar-refractivity contribution < 1.29 is 27.6 Å². The largest absolute Gasteiger partial charge is 0.451 e. The van der Waals surface area contributed by atoms with Crippen LogP contribution in [0.3, 0.4) is 0 Å². The van der Waals surface area contributed by atoms with Crippen molar-refractivity contribution in [2.75, 3.05) is 12.4 Å². The second kappa shape index (κ2) is 10.2. The van der Waals surface area contributed by atoms with Gasteiger partial charge in [0.1, 0.15) is 11.6 Å². The van der Waals surface area contributed by atoms with Crippen molar-refractivity contribution in [3.8, 4) is 0 Å². The number of hydrogen-bond donors (Lipinski definition) is 3. The quantitative estimate of drug-likeness (QED) is 0.373. The van der Waals surface area contributed by atoms with Gasteiger partial charge in [0.05, 0.1) is 6.42 Å². The first kappa shape index (κ1) is 23.6. The topological polar surface area (TPSA) is 100 Å². The van der Waals surface area contributed by atoms with E-state index in [2.05, 4.69) is 16.0 Å². The first-order valence-corrected chi connectivity index (χ1v) is 10.7. The Morgan fingerprint density at radius 2 is 1.66 bits per heavy atom. The minimum atomic E-state index is -1.19. The normalized spacial score (nSPS) is 11.6. The Hall–Kier alpha value is -4.53. The van der Waals surface area contributed by atoms with Crippen molar-refractivity contribution in [3.05, 3.63) is 101 Å². The lowest BCUT2D eigenvalue weighted by molar-refractivity contribution is -0.128. The Kier molecular flexibility index (Phi) is 6.86. The van der Waals surface area contributed by atoms with Crippen LogP contribution in [-0.2, 0) is 16.0 Å². The molecular formula is C26H21F2N3O4. The van der Waals surface area contributed by atoms with Crippen LogP contribution in [0.1, 0.15) is 27.7 Å². The number of halogens is 2. The van der Waals surface area contributed by atoms with Crippen LogP contribution in [0.2, 0.25) is 0 Å². The molecule has 0 aliphatic rings. The number of carbonyl (C=O) groups excluding carboxylic acids is 3. The molecule has 3 N–H and O–H groups in total. The third-order valence-corrected chi connectivity index (χ3v) is 5.32. The number of anilines is 1. The zero-order valence-electron chi connectivity index (χ0n) is 18.6. The molecule has 1 heterocycles. The first-order chi connectivity index (χ1) is 16.8. The van der Waals surface area contributed by atoms with E-state index in [9.17, 15) is 23.2 Å². The highest BCUT2D eigenvalue weighted by Crippen LogP contribution is 2.21. The summed E-state index contributed by atoms with van der Waals surface area (Å²) >= 11 is 0. The summed E-state index contributed by atoms with van der Waals surface area (Å²) in [5.41, 5.74) is 1.84. The van der Waals surface area contributed by atoms with Crippen LogP contribution >= 0.6 is 0 Å². The molecule has 0 spiro atoms. The number of rotatable bonds is 7. The summed E-state index contributed by atoms with van der Waals surface area (Å²) in [5, 5.41) is 8.49. The van der Waals surface area contributed by atoms with Gasteiger partial charge in [0, 0.05) is 18.1 Å². The third-order valence-electron chi connectivity index (χ3n) is 5.32. The van der Waals surface area contributed by atoms with Crippen molar-refractivity contribution >= 4 is 34.4 Å². The smallest absolute Gasteiger partial charge is 0.291 e. The fourth-order valence-electron chi connectivity index (χ4n) is 3.53. The molecule has 3 amide bonds. The van der Waals surface area contributed by atoms with Crippen LogP contribution in [0.25, 0.3) is 11.0 Å². The second-order valence-corrected chi connectivity index (χ2v) is 7.76. The van der Waals surface area contributed by atoms with E-state index in [0.717, 1.165) is 17.5 Å². The highest BCUT2D eigenvalue weighted by molar-refractivity contribution is 6.04. The van der Waals surface area contributed by atoms with Crippen molar-refractivity contribution in [2.45, 2.75) is 12.5 Å². The maximum Gasteiger partial charge on any atom is 0.291 e. The number of furan rings is 1. The standard InChI is InChI=1S/C26H21F2N3O4/c1-29-26(34)24(17-8-11-19(27)20(28)13-17)31-23(32)12-15-6-9-18(10-7-15)30-25(33)22-14-16-4-2-3-5-21(16)35-22/h2-11,13-14,24H,12H2,1H3,(H,29,34)(H,30,33)(H,31,32). The minimum Gasteiger partial charge on any atom is -0.451 e. The van der Waals surface area contributed by atoms with Gasteiger partial charge in [-0.05, 0) is 47.5 Å². The molecule has 0 aliphatic heterocycles. The summed E-state index contributed by atoms with van der Waals surface area (Å²) < 4.78 is 32.4. The van der Waals surface area contributed by atoms with Crippen molar-refractivity contribution in [3.63, 3.8) is 0 Å². The fraction of sp³-hybridized carbons (Fsp3) is 0.115. The number of nitrogens with one attached hydrogen (secondary N) is 3. The van der Waals surface area contributed by atoms with Gasteiger partial charge in [0.2, 0.25) is 11.8 Å². The predicted octanol–water partition coefficient (Wildman–Crippen LogP) is 4.11. The lowest BCUT2D eigenvalue weighted by Gasteiger charge is -2.18. The zero-order valence-corrected chi connectivity index (χ0v) is 18.6. The van der Waals surface area contributed by atoms with Crippen molar-refractivity contribution in [1.29, 1.82) is 0 Å². The summed E-state index contributed by atoms with van der Waals surface area (Å²) in [6, 6.07) is 17.3. The van der Waals surface area contributed by atoms with E-state index < -0.39 is 35.4 Å². The van der Waals surface area contributed by atoms with Gasteiger partial charge in [-0.2, -0.15) is 0 Å². The van der Waals surface area contributed by atoms with Gasteiger partial charge < -0.3 is 20.4 Å². The number of fused-ring (bicyclic) bond motifs is 1. The Morgan fingerprint density at radius 3 is 2.34 bits per heavy atom. The summed E-state index contributed by atoms with van der Waals surface area (Å²) in [4.78, 5) is 37.3. The van der Waals surface area contributed by atoms with Crippen LogP contribution in [0, 0.1) is 11.6 Å². The van der Waals surface area contributed by atoms with Gasteiger partial charge in [-0.15, -0.1) is 0 Å². The Bertz CT molecular complexity index is 1370. The number of likely N-dealkylation sites (N-methyl/N-ethyl adjacent to an activating group) is 1. The molecule has 9 heteroatoms. The number of carbonyl (C=O) groups is 3. The van der Waals surface area contributed by atoms with E-state index in [-0.39, 0.29) is 17.7 Å². The summed E-state index contributed by atoms with van der Waals surface area (Å²) in [5.74, 6) is -3.48. The SMILES string of the molecule is CNC(=O)C(NC(=O)Cc1ccc(NC(=O)c2cc3ccccc3o2)cc1)c1ccc(F)c(F)c1. The van der Waals surface area contributed by atoms with E-state index in [1.165, 1.54) is 13.1 Å². The molecule has 1 unspecified atom stereocenters. The second-order valence-electron chi connectivity index (χ2n) is 7.76. The molecule has 0 saturated carbocycles. The van der Waals surface area contributed by atoms with Crippen LogP contribution in [0.5, 0.6) is 0 Å². The lowest BCUT2D eigenvalue weighted by atomic mass is 10.0. The molecule has 35 heavy (non-hydrogen) atoms. The monoisotopic (exact) mass is 477 g/mol. The van der Waals surface area contributed by atoms with Gasteiger partial charge in [-0.25, -0.2) is 8.78 Å². The number of amides is 3. The van der Waals surface area contributed by atoms with Crippen LogP contribution in [0.15, 0.2) is 77.2 Å². The Morgan fingerprint density at radius 1 is 0.914 bits per heavy atom. The molecule has 3 aromatic carbocycles. The molecule has 4 aromatic rings. The first-order valence-electron chi connectivity index (χ1n) is 10.7. The van der Waals surface area contributed by atoms with Gasteiger partial charge in [0.15, 0.2) is 17.4 Å². The average Bonchev–Trinajstić information content (AvgIpc) is 3.30. The fourth-order valence-corrected chi connectivity index (χ4v) is 3.53. The molecule has 178 valence electrons. The molecule has 0 saturated heterocycles. The van der Waals surface area contributed by atoms with Crippen LogP contribution < -0.4 is 16.0 Å². The van der Waals surface area contributed by atoms with Gasteiger partial charge in [-0.1, -0.05) is 36.4 Å². The summed E-state index contributed by atoms with van der Waals surface area (Å²) in [7, 11) is 1.37. The third kappa shape index (κ3) is 5.52. The number of benzene rings is 3. The van der Waals surface area contributed by atoms with E-state index in [1.807, 2.05) is 18.2 Å². The number of para-hydroxylation sites is 1. The van der Waals surface area contributed by atoms with Gasteiger partial charge in [0.25, 0.3) is 5.91 Å². The molecule has 0 radical (unpaired) electrons. The zero-order chi connectivity index (χ0) is 24.9. The molecular weight excluding hydrogens is 456 g/mol. The Labute approximate surface area is 199 Å². The van der Waals surface area contributed by atoms with Crippen molar-refractivity contribution in [1.82, 2.24) is 10.6 Å². The van der Waals surface area contributed by atoms with E-state index in [0.29, 0.717) is 16.8 Å². The molecule has 1 aromatic heterocycles. The Balaban J connectivity index is 1.39. The van der Waals surface area contributed by atoms with Gasteiger partial charge in [-0.3, -0.25) is 14.4 Å². The molecule has 0 aliphatic carbocycles. The van der Waals surface area contributed by atoms with E-state index in [4.69, 9.17) is 4.42 Å². The van der Waals surface area contributed by atoms with Gasteiger partial charge >= 0.3 is 0 Å². The van der Waals surface area contributed by atoms with Crippen LogP contribution in [-0.4, -0.2) is 24.8 Å². The summed E-state index contributed by atoms with van der Waals surface area (Å²) in [6.07, 6.45) is -0.0744. The van der Waals surface area contributed by atoms with Crippen molar-refractivity contribution in [2.24, 2.45) is 0 Å². The lowest BCUT2D eigenvalue weighted by Crippen LogP contribution is -2.39.